The largest absolute Gasteiger partial charge is 0.406 e. The van der Waals surface area contributed by atoms with Gasteiger partial charge < -0.3 is 4.90 Å². The summed E-state index contributed by atoms with van der Waals surface area (Å²) in [5, 5.41) is 4.45. The molecule has 23 heavy (non-hydrogen) atoms. The first-order valence-corrected chi connectivity index (χ1v) is 7.24. The van der Waals surface area contributed by atoms with E-state index >= 15 is 0 Å². The van der Waals surface area contributed by atoms with Crippen molar-refractivity contribution in [3.8, 4) is 11.4 Å². The van der Waals surface area contributed by atoms with Gasteiger partial charge >= 0.3 is 6.18 Å². The number of hydrogen-bond donors (Lipinski definition) is 0. The molecular weight excluding hydrogens is 333 g/mol. The van der Waals surface area contributed by atoms with Crippen LogP contribution in [0.3, 0.4) is 0 Å². The average Bonchev–Trinajstić information content (AvgIpc) is 3.06. The Hall–Kier alpha value is -2.09. The summed E-state index contributed by atoms with van der Waals surface area (Å²) in [6.07, 6.45) is -2.91. The second-order valence-corrected chi connectivity index (χ2v) is 5.59. The summed E-state index contributed by atoms with van der Waals surface area (Å²) in [5.74, 6) is -0.246. The Bertz CT molecular complexity index is 731. The van der Waals surface area contributed by atoms with E-state index in [1.165, 1.54) is 11.0 Å². The van der Waals surface area contributed by atoms with Crippen LogP contribution in [0.1, 0.15) is 12.5 Å². The molecule has 0 spiro atoms. The van der Waals surface area contributed by atoms with E-state index in [2.05, 4.69) is 10.1 Å². The summed E-state index contributed by atoms with van der Waals surface area (Å²) in [5.41, 5.74) is 0.578. The Labute approximate surface area is 134 Å². The van der Waals surface area contributed by atoms with Gasteiger partial charge in [0.2, 0.25) is 5.91 Å². The summed E-state index contributed by atoms with van der Waals surface area (Å²) in [7, 11) is 0. The standard InChI is InChI=1S/C14H12ClF3N4O/c15-10-4-2-1-3-9(10)12-19-8-20-22(12)11-5-6-21(13(11)23)7-14(16,17)18/h1-4,8,11H,5-7H2. The Balaban J connectivity index is 1.89. The van der Waals surface area contributed by atoms with E-state index < -0.39 is 24.7 Å². The molecule has 5 nitrogen and oxygen atoms in total. The van der Waals surface area contributed by atoms with Crippen LogP contribution in [0.2, 0.25) is 5.02 Å². The normalized spacial score (nSPS) is 18.7. The third-order valence-electron chi connectivity index (χ3n) is 3.62. The number of carbonyl (C=O) groups excluding carboxylic acids is 1. The van der Waals surface area contributed by atoms with Gasteiger partial charge in [0, 0.05) is 12.1 Å². The Kier molecular flexibility index (Phi) is 4.01. The zero-order valence-corrected chi connectivity index (χ0v) is 12.6. The highest BCUT2D eigenvalue weighted by Gasteiger charge is 2.41. The monoisotopic (exact) mass is 344 g/mol. The highest BCUT2D eigenvalue weighted by molar-refractivity contribution is 6.33. The number of aromatic nitrogens is 3. The van der Waals surface area contributed by atoms with Crippen LogP contribution in [0.4, 0.5) is 13.2 Å². The molecule has 0 N–H and O–H groups in total. The molecule has 0 aliphatic carbocycles. The molecule has 2 aromatic rings. The number of benzene rings is 1. The fraction of sp³-hybridized carbons (Fsp3) is 0.357. The molecular formula is C14H12ClF3N4O. The number of hydrogen-bond acceptors (Lipinski definition) is 3. The summed E-state index contributed by atoms with van der Waals surface area (Å²) in [4.78, 5) is 17.1. The van der Waals surface area contributed by atoms with Crippen molar-refractivity contribution in [2.45, 2.75) is 18.6 Å². The molecule has 1 amide bonds. The van der Waals surface area contributed by atoms with E-state index in [4.69, 9.17) is 11.6 Å². The predicted octanol–water partition coefficient (Wildman–Crippen LogP) is 2.93. The second kappa shape index (κ2) is 5.84. The molecule has 1 aliphatic heterocycles. The first-order valence-electron chi connectivity index (χ1n) is 6.87. The SMILES string of the molecule is O=C1C(n2ncnc2-c2ccccc2Cl)CCN1CC(F)(F)F. The van der Waals surface area contributed by atoms with Crippen LogP contribution in [-0.4, -0.2) is 44.8 Å². The first-order chi connectivity index (χ1) is 10.9. The molecule has 1 saturated heterocycles. The van der Waals surface area contributed by atoms with Crippen molar-refractivity contribution < 1.29 is 18.0 Å². The number of alkyl halides is 3. The molecule has 3 rings (SSSR count). The van der Waals surface area contributed by atoms with Crippen molar-refractivity contribution in [3.63, 3.8) is 0 Å². The van der Waals surface area contributed by atoms with E-state index in [9.17, 15) is 18.0 Å². The number of halogens is 4. The number of carbonyl (C=O) groups is 1. The minimum Gasteiger partial charge on any atom is -0.332 e. The molecule has 0 radical (unpaired) electrons. The van der Waals surface area contributed by atoms with Gasteiger partial charge in [-0.2, -0.15) is 18.3 Å². The fourth-order valence-electron chi connectivity index (χ4n) is 2.64. The predicted molar refractivity (Wildman–Crippen MR) is 76.8 cm³/mol. The molecule has 122 valence electrons. The maximum atomic E-state index is 12.5. The van der Waals surface area contributed by atoms with Crippen LogP contribution in [0, 0.1) is 0 Å². The Morgan fingerprint density at radius 2 is 2.04 bits per heavy atom. The number of rotatable bonds is 3. The van der Waals surface area contributed by atoms with Gasteiger partial charge in [0.05, 0.1) is 5.02 Å². The van der Waals surface area contributed by atoms with E-state index in [1.54, 1.807) is 24.3 Å². The summed E-state index contributed by atoms with van der Waals surface area (Å²) in [6.45, 7) is -1.22. The zero-order chi connectivity index (χ0) is 16.6. The summed E-state index contributed by atoms with van der Waals surface area (Å²) < 4.78 is 38.9. The second-order valence-electron chi connectivity index (χ2n) is 5.19. The van der Waals surface area contributed by atoms with Gasteiger partial charge in [-0.1, -0.05) is 23.7 Å². The van der Waals surface area contributed by atoms with Gasteiger partial charge in [0.1, 0.15) is 18.9 Å². The molecule has 0 bridgehead atoms. The first kappa shape index (κ1) is 15.8. The minimum absolute atomic E-state index is 0.0326. The van der Waals surface area contributed by atoms with Crippen LogP contribution in [0.5, 0.6) is 0 Å². The van der Waals surface area contributed by atoms with Gasteiger partial charge in [-0.15, -0.1) is 0 Å². The van der Waals surface area contributed by atoms with Crippen LogP contribution in [0.15, 0.2) is 30.6 Å². The molecule has 1 fully saturated rings. The molecule has 1 aliphatic rings. The van der Waals surface area contributed by atoms with Crippen molar-refractivity contribution in [2.75, 3.05) is 13.1 Å². The van der Waals surface area contributed by atoms with E-state index in [0.29, 0.717) is 16.4 Å². The van der Waals surface area contributed by atoms with Crippen molar-refractivity contribution in [3.05, 3.63) is 35.6 Å². The topological polar surface area (TPSA) is 51.0 Å². The van der Waals surface area contributed by atoms with Crippen molar-refractivity contribution in [1.29, 1.82) is 0 Å². The lowest BCUT2D eigenvalue weighted by molar-refractivity contribution is -0.158. The molecule has 1 aromatic heterocycles. The lowest BCUT2D eigenvalue weighted by atomic mass is 10.2. The van der Waals surface area contributed by atoms with Gasteiger partial charge in [0.15, 0.2) is 5.82 Å². The summed E-state index contributed by atoms with van der Waals surface area (Å²) in [6, 6.07) is 6.09. The van der Waals surface area contributed by atoms with Crippen molar-refractivity contribution in [1.82, 2.24) is 19.7 Å². The number of nitrogens with zero attached hydrogens (tertiary/aromatic N) is 4. The molecule has 1 atom stereocenters. The van der Waals surface area contributed by atoms with E-state index in [-0.39, 0.29) is 13.0 Å². The van der Waals surface area contributed by atoms with Gasteiger partial charge in [-0.25, -0.2) is 9.67 Å². The lowest BCUT2D eigenvalue weighted by Gasteiger charge is -2.19. The number of likely N-dealkylation sites (tertiary alicyclic amines) is 1. The van der Waals surface area contributed by atoms with Gasteiger partial charge in [-0.3, -0.25) is 4.79 Å². The quantitative estimate of drug-likeness (QED) is 0.860. The third-order valence-corrected chi connectivity index (χ3v) is 3.95. The minimum atomic E-state index is -4.42. The molecule has 1 aromatic carbocycles. The van der Waals surface area contributed by atoms with Gasteiger partial charge in [-0.05, 0) is 18.6 Å². The Morgan fingerprint density at radius 3 is 2.74 bits per heavy atom. The smallest absolute Gasteiger partial charge is 0.332 e. The van der Waals surface area contributed by atoms with Crippen LogP contribution < -0.4 is 0 Å². The van der Waals surface area contributed by atoms with Crippen LogP contribution in [0.25, 0.3) is 11.4 Å². The highest BCUT2D eigenvalue weighted by Crippen LogP contribution is 2.32. The summed E-state index contributed by atoms with van der Waals surface area (Å²) >= 11 is 6.12. The molecule has 0 saturated carbocycles. The molecule has 9 heteroatoms. The Morgan fingerprint density at radius 1 is 1.30 bits per heavy atom. The van der Waals surface area contributed by atoms with E-state index in [1.807, 2.05) is 0 Å². The maximum Gasteiger partial charge on any atom is 0.406 e. The maximum absolute atomic E-state index is 12.5. The highest BCUT2D eigenvalue weighted by atomic mass is 35.5. The fourth-order valence-corrected chi connectivity index (χ4v) is 2.86. The van der Waals surface area contributed by atoms with Crippen LogP contribution in [-0.2, 0) is 4.79 Å². The van der Waals surface area contributed by atoms with E-state index in [0.717, 1.165) is 4.90 Å². The van der Waals surface area contributed by atoms with Crippen molar-refractivity contribution in [2.24, 2.45) is 0 Å². The van der Waals surface area contributed by atoms with Crippen LogP contribution >= 0.6 is 11.6 Å². The lowest BCUT2D eigenvalue weighted by Crippen LogP contribution is -2.36. The molecule has 2 heterocycles. The average molecular weight is 345 g/mol. The van der Waals surface area contributed by atoms with Gasteiger partial charge in [0.25, 0.3) is 0 Å². The van der Waals surface area contributed by atoms with Crippen molar-refractivity contribution >= 4 is 17.5 Å². The zero-order valence-electron chi connectivity index (χ0n) is 11.8. The molecule has 1 unspecified atom stereocenters. The third kappa shape index (κ3) is 3.17. The number of amides is 1.